The lowest BCUT2D eigenvalue weighted by Gasteiger charge is -2.11. The molecule has 1 rings (SSSR count). The third-order valence-corrected chi connectivity index (χ3v) is 2.13. The molecule has 0 saturated heterocycles. The Hall–Kier alpha value is -1.50. The molecule has 0 aliphatic heterocycles. The summed E-state index contributed by atoms with van der Waals surface area (Å²) in [5.41, 5.74) is 5.76. The Balaban J connectivity index is 2.44. The van der Waals surface area contributed by atoms with E-state index in [0.29, 0.717) is 5.92 Å². The molecule has 0 aromatic rings. The van der Waals surface area contributed by atoms with Gasteiger partial charge in [0, 0.05) is 18.8 Å². The van der Waals surface area contributed by atoms with Crippen LogP contribution in [0.2, 0.25) is 0 Å². The van der Waals surface area contributed by atoms with Crippen molar-refractivity contribution in [3.05, 3.63) is 11.8 Å². The van der Waals surface area contributed by atoms with Gasteiger partial charge in [-0.3, -0.25) is 4.79 Å². The van der Waals surface area contributed by atoms with E-state index < -0.39 is 0 Å². The van der Waals surface area contributed by atoms with Crippen LogP contribution in [0, 0.1) is 17.2 Å². The number of carbonyl (C=O) groups excluding carboxylic acids is 1. The Morgan fingerprint density at radius 3 is 2.79 bits per heavy atom. The van der Waals surface area contributed by atoms with Crippen LogP contribution in [0.3, 0.4) is 0 Å². The predicted molar refractivity (Wildman–Crippen MR) is 52.9 cm³/mol. The average molecular weight is 193 g/mol. The number of rotatable bonds is 5. The molecule has 0 aromatic carbocycles. The van der Waals surface area contributed by atoms with Crippen LogP contribution in [0.25, 0.3) is 0 Å². The van der Waals surface area contributed by atoms with Crippen molar-refractivity contribution in [1.29, 1.82) is 5.26 Å². The minimum absolute atomic E-state index is 0.163. The Morgan fingerprint density at radius 2 is 2.36 bits per heavy atom. The predicted octanol–water partition coefficient (Wildman–Crippen LogP) is 0.611. The molecule has 2 N–H and O–H groups in total. The molecule has 4 nitrogen and oxygen atoms in total. The summed E-state index contributed by atoms with van der Waals surface area (Å²) >= 11 is 0. The van der Waals surface area contributed by atoms with E-state index in [0.717, 1.165) is 12.0 Å². The first-order chi connectivity index (χ1) is 6.61. The molecule has 4 heteroatoms. The maximum atomic E-state index is 10.6. The van der Waals surface area contributed by atoms with Crippen molar-refractivity contribution >= 4 is 5.91 Å². The Bertz CT molecular complexity index is 286. The van der Waals surface area contributed by atoms with E-state index in [1.807, 2.05) is 0 Å². The Kier molecular flexibility index (Phi) is 3.52. The number of amides is 1. The van der Waals surface area contributed by atoms with Gasteiger partial charge in [-0.15, -0.1) is 0 Å². The number of nitriles is 1. The molecule has 0 atom stereocenters. The van der Waals surface area contributed by atoms with Crippen LogP contribution < -0.4 is 5.73 Å². The van der Waals surface area contributed by atoms with Crippen molar-refractivity contribution in [2.24, 2.45) is 11.7 Å². The molecule has 1 aliphatic carbocycles. The topological polar surface area (TPSA) is 70.1 Å². The van der Waals surface area contributed by atoms with E-state index in [2.05, 4.69) is 6.07 Å². The second kappa shape index (κ2) is 4.66. The molecular weight excluding hydrogens is 178 g/mol. The van der Waals surface area contributed by atoms with Crippen LogP contribution in [0.15, 0.2) is 11.8 Å². The zero-order chi connectivity index (χ0) is 10.6. The standard InChI is InChI=1S/C10H15N3O/c1-13(7-10(12)14)6-9(5-11)4-8-2-3-8/h6,8H,2-4,7H2,1H3,(H2,12,14)/b9-6-. The Morgan fingerprint density at radius 1 is 1.71 bits per heavy atom. The maximum Gasteiger partial charge on any atom is 0.236 e. The van der Waals surface area contributed by atoms with E-state index in [1.165, 1.54) is 12.8 Å². The van der Waals surface area contributed by atoms with E-state index in [9.17, 15) is 4.79 Å². The van der Waals surface area contributed by atoms with Crippen LogP contribution in [0.5, 0.6) is 0 Å². The van der Waals surface area contributed by atoms with Crippen molar-refractivity contribution in [3.8, 4) is 6.07 Å². The van der Waals surface area contributed by atoms with Crippen molar-refractivity contribution in [1.82, 2.24) is 4.90 Å². The zero-order valence-corrected chi connectivity index (χ0v) is 8.36. The second-order valence-electron chi connectivity index (χ2n) is 3.80. The van der Waals surface area contributed by atoms with Crippen molar-refractivity contribution in [3.63, 3.8) is 0 Å². The molecule has 0 radical (unpaired) electrons. The highest BCUT2D eigenvalue weighted by Crippen LogP contribution is 2.34. The van der Waals surface area contributed by atoms with Crippen molar-refractivity contribution in [2.45, 2.75) is 19.3 Å². The first-order valence-corrected chi connectivity index (χ1v) is 4.71. The monoisotopic (exact) mass is 193 g/mol. The van der Waals surface area contributed by atoms with Crippen molar-refractivity contribution in [2.75, 3.05) is 13.6 Å². The quantitative estimate of drug-likeness (QED) is 0.650. The fourth-order valence-electron chi connectivity index (χ4n) is 1.32. The second-order valence-corrected chi connectivity index (χ2v) is 3.80. The molecule has 1 fully saturated rings. The van der Waals surface area contributed by atoms with Gasteiger partial charge in [-0.05, 0) is 25.2 Å². The number of nitrogens with two attached hydrogens (primary N) is 1. The summed E-state index contributed by atoms with van der Waals surface area (Å²) in [6, 6.07) is 2.14. The summed E-state index contributed by atoms with van der Waals surface area (Å²) in [6.07, 6.45) is 4.99. The number of primary amides is 1. The molecule has 0 bridgehead atoms. The summed E-state index contributed by atoms with van der Waals surface area (Å²) < 4.78 is 0. The summed E-state index contributed by atoms with van der Waals surface area (Å²) in [7, 11) is 1.75. The molecule has 0 unspecified atom stereocenters. The van der Waals surface area contributed by atoms with Gasteiger partial charge in [-0.2, -0.15) is 5.26 Å². The van der Waals surface area contributed by atoms with Gasteiger partial charge >= 0.3 is 0 Å². The molecule has 0 heterocycles. The summed E-state index contributed by atoms with van der Waals surface area (Å²) in [5, 5.41) is 8.82. The van der Waals surface area contributed by atoms with Crippen molar-refractivity contribution < 1.29 is 4.79 Å². The van der Waals surface area contributed by atoms with E-state index >= 15 is 0 Å². The van der Waals surface area contributed by atoms with Gasteiger partial charge in [0.2, 0.25) is 5.91 Å². The van der Waals surface area contributed by atoms with Crippen LogP contribution in [0.1, 0.15) is 19.3 Å². The van der Waals surface area contributed by atoms with Crippen LogP contribution in [0.4, 0.5) is 0 Å². The maximum absolute atomic E-state index is 10.6. The van der Waals surface area contributed by atoms with Crippen LogP contribution in [-0.4, -0.2) is 24.4 Å². The minimum atomic E-state index is -0.382. The number of hydrogen-bond acceptors (Lipinski definition) is 3. The number of allylic oxidation sites excluding steroid dienone is 1. The zero-order valence-electron chi connectivity index (χ0n) is 8.36. The highest BCUT2D eigenvalue weighted by atomic mass is 16.1. The fraction of sp³-hybridized carbons (Fsp3) is 0.600. The molecule has 1 amide bonds. The number of hydrogen-bond donors (Lipinski definition) is 1. The fourth-order valence-corrected chi connectivity index (χ4v) is 1.32. The number of nitrogens with zero attached hydrogens (tertiary/aromatic N) is 2. The lowest BCUT2D eigenvalue weighted by atomic mass is 10.1. The molecular formula is C10H15N3O. The average Bonchev–Trinajstić information content (AvgIpc) is 2.85. The van der Waals surface area contributed by atoms with Gasteiger partial charge in [0.05, 0.1) is 12.6 Å². The molecule has 14 heavy (non-hydrogen) atoms. The van der Waals surface area contributed by atoms with Gasteiger partial charge in [-0.25, -0.2) is 0 Å². The SMILES string of the molecule is CN(/C=C(\C#N)CC1CC1)CC(N)=O. The van der Waals surface area contributed by atoms with Gasteiger partial charge in [0.1, 0.15) is 0 Å². The smallest absolute Gasteiger partial charge is 0.236 e. The molecule has 76 valence electrons. The van der Waals surface area contributed by atoms with E-state index in [-0.39, 0.29) is 12.5 Å². The van der Waals surface area contributed by atoms with Gasteiger partial charge in [0.15, 0.2) is 0 Å². The van der Waals surface area contributed by atoms with E-state index in [4.69, 9.17) is 11.0 Å². The lowest BCUT2D eigenvalue weighted by Crippen LogP contribution is -2.27. The Labute approximate surface area is 84.0 Å². The molecule has 1 aliphatic rings. The molecule has 0 aromatic heterocycles. The first kappa shape index (κ1) is 10.6. The highest BCUT2D eigenvalue weighted by molar-refractivity contribution is 5.76. The lowest BCUT2D eigenvalue weighted by molar-refractivity contribution is -0.118. The van der Waals surface area contributed by atoms with Crippen LogP contribution in [-0.2, 0) is 4.79 Å². The third-order valence-electron chi connectivity index (χ3n) is 2.13. The summed E-state index contributed by atoms with van der Waals surface area (Å²) in [4.78, 5) is 12.2. The van der Waals surface area contributed by atoms with E-state index in [1.54, 1.807) is 18.1 Å². The summed E-state index contributed by atoms with van der Waals surface area (Å²) in [6.45, 7) is 0.163. The third kappa shape index (κ3) is 3.94. The molecule has 0 spiro atoms. The highest BCUT2D eigenvalue weighted by Gasteiger charge is 2.22. The van der Waals surface area contributed by atoms with Crippen LogP contribution >= 0.6 is 0 Å². The number of carbonyl (C=O) groups is 1. The number of likely N-dealkylation sites (N-methyl/N-ethyl adjacent to an activating group) is 1. The summed E-state index contributed by atoms with van der Waals surface area (Å²) in [5.74, 6) is 0.301. The van der Waals surface area contributed by atoms with Gasteiger partial charge in [0.25, 0.3) is 0 Å². The minimum Gasteiger partial charge on any atom is -0.370 e. The molecule has 1 saturated carbocycles. The normalized spacial score (nSPS) is 16.1. The first-order valence-electron chi connectivity index (χ1n) is 4.71. The van der Waals surface area contributed by atoms with Gasteiger partial charge in [-0.1, -0.05) is 0 Å². The largest absolute Gasteiger partial charge is 0.370 e. The van der Waals surface area contributed by atoms with Gasteiger partial charge < -0.3 is 10.6 Å².